The predicted octanol–water partition coefficient (Wildman–Crippen LogP) is 1.32. The van der Waals surface area contributed by atoms with E-state index < -0.39 is 29.2 Å². The number of carbonyl (C=O) groups excluding carboxylic acids is 3. The fourth-order valence-corrected chi connectivity index (χ4v) is 1.52. The van der Waals surface area contributed by atoms with Crippen LogP contribution in [0, 0.1) is 0 Å². The monoisotopic (exact) mass is 320 g/mol. The molecule has 0 atom stereocenters. The molecule has 1 aromatic rings. The highest BCUT2D eigenvalue weighted by Crippen LogP contribution is 2.20. The van der Waals surface area contributed by atoms with Crippen molar-refractivity contribution < 1.29 is 24.2 Å². The third-order valence-electron chi connectivity index (χ3n) is 2.56. The van der Waals surface area contributed by atoms with E-state index in [4.69, 9.17) is 16.2 Å². The molecule has 23 heavy (non-hydrogen) atoms. The molecule has 0 fully saturated rings. The molecule has 1 rings (SSSR count). The van der Waals surface area contributed by atoms with Gasteiger partial charge >= 0.3 is 5.97 Å². The summed E-state index contributed by atoms with van der Waals surface area (Å²) in [5, 5.41) is 16.7. The van der Waals surface area contributed by atoms with Crippen molar-refractivity contribution in [3.8, 4) is 0 Å². The maximum absolute atomic E-state index is 11.6. The number of ether oxygens (including phenoxy) is 1. The lowest BCUT2D eigenvalue weighted by Gasteiger charge is -2.04. The van der Waals surface area contributed by atoms with Gasteiger partial charge in [0.25, 0.3) is 0 Å². The first-order valence-corrected chi connectivity index (χ1v) is 6.49. The van der Waals surface area contributed by atoms with Crippen molar-refractivity contribution in [2.75, 3.05) is 6.61 Å². The number of aliphatic hydroxyl groups excluding tert-OH is 1. The van der Waals surface area contributed by atoms with Gasteiger partial charge in [0.15, 0.2) is 0 Å². The first kappa shape index (κ1) is 17.8. The van der Waals surface area contributed by atoms with E-state index in [0.717, 1.165) is 0 Å². The van der Waals surface area contributed by atoms with Crippen molar-refractivity contribution in [3.63, 3.8) is 0 Å². The average molecular weight is 320 g/mol. The highest BCUT2D eigenvalue weighted by Gasteiger charge is 2.14. The molecule has 5 N–H and O–H groups in total. The standard InChI is InChI=1S/C14H16N4O5/c1-3-23-14(22)11(7(2)19)18-17-10-5-8(12(15)20)4-9(6-10)13(16)21/h4-6,19H,3H2,1-2H3,(H2,15,20)(H2,16,21)/b11-7+,18-17?. The zero-order chi connectivity index (χ0) is 17.6. The van der Waals surface area contributed by atoms with Crippen LogP contribution >= 0.6 is 0 Å². The van der Waals surface area contributed by atoms with Gasteiger partial charge < -0.3 is 21.3 Å². The van der Waals surface area contributed by atoms with Gasteiger partial charge in [-0.05, 0) is 32.0 Å². The van der Waals surface area contributed by atoms with Crippen molar-refractivity contribution in [2.45, 2.75) is 13.8 Å². The van der Waals surface area contributed by atoms with Crippen LogP contribution in [0.1, 0.15) is 34.6 Å². The maximum atomic E-state index is 11.6. The van der Waals surface area contributed by atoms with Gasteiger partial charge in [-0.1, -0.05) is 0 Å². The minimum absolute atomic E-state index is 0.00219. The Balaban J connectivity index is 3.25. The van der Waals surface area contributed by atoms with Crippen LogP contribution in [0.4, 0.5) is 5.69 Å². The normalized spacial score (nSPS) is 11.9. The van der Waals surface area contributed by atoms with Gasteiger partial charge in [0.05, 0.1) is 12.3 Å². The minimum Gasteiger partial charge on any atom is -0.510 e. The van der Waals surface area contributed by atoms with E-state index in [-0.39, 0.29) is 23.4 Å². The summed E-state index contributed by atoms with van der Waals surface area (Å²) in [5.41, 5.74) is 9.96. The van der Waals surface area contributed by atoms with Gasteiger partial charge in [-0.2, -0.15) is 5.11 Å². The number of amides is 2. The lowest BCUT2D eigenvalue weighted by atomic mass is 10.1. The zero-order valence-electron chi connectivity index (χ0n) is 12.6. The number of hydrogen-bond donors (Lipinski definition) is 3. The van der Waals surface area contributed by atoms with Crippen LogP contribution in [0.3, 0.4) is 0 Å². The molecule has 0 aliphatic heterocycles. The molecule has 2 amide bonds. The van der Waals surface area contributed by atoms with Crippen LogP contribution < -0.4 is 11.5 Å². The minimum atomic E-state index is -0.863. The molecule has 0 bridgehead atoms. The van der Waals surface area contributed by atoms with E-state index >= 15 is 0 Å². The zero-order valence-corrected chi connectivity index (χ0v) is 12.6. The summed E-state index contributed by atoms with van der Waals surface area (Å²) in [5.74, 6) is -2.83. The summed E-state index contributed by atoms with van der Waals surface area (Å²) in [6, 6.07) is 3.73. The van der Waals surface area contributed by atoms with E-state index in [1.807, 2.05) is 0 Å². The number of primary amides is 2. The number of benzene rings is 1. The number of allylic oxidation sites excluding steroid dienone is 1. The fourth-order valence-electron chi connectivity index (χ4n) is 1.52. The van der Waals surface area contributed by atoms with Crippen molar-refractivity contribution in [1.82, 2.24) is 0 Å². The lowest BCUT2D eigenvalue weighted by Crippen LogP contribution is -2.15. The Kier molecular flexibility index (Phi) is 5.95. The summed E-state index contributed by atoms with van der Waals surface area (Å²) < 4.78 is 4.72. The summed E-state index contributed by atoms with van der Waals surface area (Å²) in [7, 11) is 0. The molecule has 9 heteroatoms. The van der Waals surface area contributed by atoms with Crippen LogP contribution in [-0.4, -0.2) is 29.5 Å². The van der Waals surface area contributed by atoms with Crippen molar-refractivity contribution in [3.05, 3.63) is 40.8 Å². The van der Waals surface area contributed by atoms with Gasteiger partial charge in [0.2, 0.25) is 17.5 Å². The molecule has 0 aromatic heterocycles. The smallest absolute Gasteiger partial charge is 0.362 e. The van der Waals surface area contributed by atoms with Crippen LogP contribution in [-0.2, 0) is 9.53 Å². The molecule has 0 unspecified atom stereocenters. The Morgan fingerprint density at radius 2 is 1.65 bits per heavy atom. The van der Waals surface area contributed by atoms with Crippen LogP contribution in [0.2, 0.25) is 0 Å². The van der Waals surface area contributed by atoms with E-state index in [1.165, 1.54) is 25.1 Å². The molecule has 0 spiro atoms. The molecule has 122 valence electrons. The van der Waals surface area contributed by atoms with Crippen molar-refractivity contribution in [2.24, 2.45) is 21.7 Å². The topological polar surface area (TPSA) is 157 Å². The van der Waals surface area contributed by atoms with Gasteiger partial charge in [0.1, 0.15) is 5.76 Å². The predicted molar refractivity (Wildman–Crippen MR) is 80.0 cm³/mol. The molecule has 0 radical (unpaired) electrons. The molecule has 9 nitrogen and oxygen atoms in total. The number of nitrogens with two attached hydrogens (primary N) is 2. The van der Waals surface area contributed by atoms with Gasteiger partial charge in [0, 0.05) is 11.1 Å². The fraction of sp³-hybridized carbons (Fsp3) is 0.214. The SMILES string of the molecule is CCOC(=O)/C(N=Nc1cc(C(N)=O)cc(C(N)=O)c1)=C(/C)O. The number of azo groups is 1. The van der Waals surface area contributed by atoms with E-state index in [1.54, 1.807) is 6.92 Å². The Labute approximate surface area is 131 Å². The Hall–Kier alpha value is -3.23. The largest absolute Gasteiger partial charge is 0.510 e. The number of hydrogen-bond acceptors (Lipinski definition) is 7. The molecule has 1 aromatic carbocycles. The lowest BCUT2D eigenvalue weighted by molar-refractivity contribution is -0.138. The number of rotatable bonds is 6. The number of carbonyl (C=O) groups is 3. The summed E-state index contributed by atoms with van der Waals surface area (Å²) in [4.78, 5) is 34.1. The number of aliphatic hydroxyl groups is 1. The van der Waals surface area contributed by atoms with Gasteiger partial charge in [-0.3, -0.25) is 9.59 Å². The van der Waals surface area contributed by atoms with Crippen LogP contribution in [0.25, 0.3) is 0 Å². The molecule has 0 saturated heterocycles. The maximum Gasteiger partial charge on any atom is 0.362 e. The quantitative estimate of drug-likeness (QED) is 0.311. The second kappa shape index (κ2) is 7.69. The second-order valence-corrected chi connectivity index (χ2v) is 4.35. The summed E-state index contributed by atoms with van der Waals surface area (Å²) in [6.07, 6.45) is 0. The average Bonchev–Trinajstić information content (AvgIpc) is 2.46. The molecule has 0 saturated carbocycles. The first-order valence-electron chi connectivity index (χ1n) is 6.49. The molecular formula is C14H16N4O5. The van der Waals surface area contributed by atoms with Gasteiger partial charge in [-0.15, -0.1) is 5.11 Å². The van der Waals surface area contributed by atoms with Gasteiger partial charge in [-0.25, -0.2) is 4.79 Å². The van der Waals surface area contributed by atoms with Crippen LogP contribution in [0.5, 0.6) is 0 Å². The highest BCUT2D eigenvalue weighted by atomic mass is 16.5. The molecule has 0 aliphatic rings. The van der Waals surface area contributed by atoms with E-state index in [9.17, 15) is 19.5 Å². The Morgan fingerprint density at radius 3 is 2.04 bits per heavy atom. The highest BCUT2D eigenvalue weighted by molar-refractivity contribution is 5.99. The third kappa shape index (κ3) is 4.92. The number of esters is 1. The van der Waals surface area contributed by atoms with E-state index in [2.05, 4.69) is 10.2 Å². The van der Waals surface area contributed by atoms with Crippen molar-refractivity contribution in [1.29, 1.82) is 0 Å². The number of nitrogens with zero attached hydrogens (tertiary/aromatic N) is 2. The molecule has 0 aliphatic carbocycles. The summed E-state index contributed by atoms with van der Waals surface area (Å²) >= 11 is 0. The van der Waals surface area contributed by atoms with E-state index in [0.29, 0.717) is 0 Å². The Morgan fingerprint density at radius 1 is 1.13 bits per heavy atom. The van der Waals surface area contributed by atoms with Crippen molar-refractivity contribution >= 4 is 23.5 Å². The van der Waals surface area contributed by atoms with Crippen LogP contribution in [0.15, 0.2) is 39.9 Å². The first-order chi connectivity index (χ1) is 10.8. The third-order valence-corrected chi connectivity index (χ3v) is 2.56. The Bertz CT molecular complexity index is 673. The summed E-state index contributed by atoms with van der Waals surface area (Å²) in [6.45, 7) is 2.92. The molecular weight excluding hydrogens is 304 g/mol. The second-order valence-electron chi connectivity index (χ2n) is 4.35. The molecule has 0 heterocycles.